The van der Waals surface area contributed by atoms with E-state index in [4.69, 9.17) is 4.74 Å². The summed E-state index contributed by atoms with van der Waals surface area (Å²) >= 11 is 0.379. The van der Waals surface area contributed by atoms with Crippen LogP contribution in [0.1, 0.15) is 22.5 Å². The third-order valence-electron chi connectivity index (χ3n) is 6.02. The predicted octanol–water partition coefficient (Wildman–Crippen LogP) is 3.33. The molecule has 0 aliphatic carbocycles. The maximum atomic E-state index is 14.6. The highest BCUT2D eigenvalue weighted by atomic mass is 32.2. The average molecular weight is 548 g/mol. The Balaban J connectivity index is 1.59. The molecule has 0 unspecified atom stereocenters. The lowest BCUT2D eigenvalue weighted by molar-refractivity contribution is 0.0958. The topological polar surface area (TPSA) is 95.8 Å². The molecule has 1 aliphatic rings. The number of amides is 1. The van der Waals surface area contributed by atoms with Crippen LogP contribution in [0.25, 0.3) is 5.52 Å². The third-order valence-corrected chi connectivity index (χ3v) is 6.84. The molecular formula is C25H28F3N7O2S. The highest BCUT2D eigenvalue weighted by molar-refractivity contribution is 7.99. The van der Waals surface area contributed by atoms with Crippen molar-refractivity contribution in [3.05, 3.63) is 41.9 Å². The number of ether oxygens (including phenoxy) is 1. The molecule has 0 spiro atoms. The number of fused-ring (bicyclic) bond motifs is 1. The number of pyridine rings is 1. The second kappa shape index (κ2) is 12.3. The highest BCUT2D eigenvalue weighted by Crippen LogP contribution is 2.33. The van der Waals surface area contributed by atoms with E-state index in [1.165, 1.54) is 26.4 Å². The number of carbonyl (C=O) groups is 1. The van der Waals surface area contributed by atoms with Gasteiger partial charge < -0.3 is 30.0 Å². The number of rotatable bonds is 8. The summed E-state index contributed by atoms with van der Waals surface area (Å²) in [4.78, 5) is 22.4. The van der Waals surface area contributed by atoms with Gasteiger partial charge in [0.25, 0.3) is 11.7 Å². The van der Waals surface area contributed by atoms with Crippen LogP contribution < -0.4 is 20.7 Å². The van der Waals surface area contributed by atoms with E-state index in [0.29, 0.717) is 53.2 Å². The van der Waals surface area contributed by atoms with Crippen LogP contribution in [0.4, 0.5) is 24.8 Å². The van der Waals surface area contributed by atoms with E-state index in [2.05, 4.69) is 37.8 Å². The van der Waals surface area contributed by atoms with E-state index in [1.54, 1.807) is 22.7 Å². The summed E-state index contributed by atoms with van der Waals surface area (Å²) in [6, 6.07) is 4.38. The van der Waals surface area contributed by atoms with E-state index in [0.717, 1.165) is 6.54 Å². The van der Waals surface area contributed by atoms with Crippen LogP contribution in [0.3, 0.4) is 0 Å². The summed E-state index contributed by atoms with van der Waals surface area (Å²) < 4.78 is 48.4. The second-order valence-electron chi connectivity index (χ2n) is 8.57. The number of thioether (sulfide) groups is 1. The van der Waals surface area contributed by atoms with Gasteiger partial charge in [-0.3, -0.25) is 4.79 Å². The summed E-state index contributed by atoms with van der Waals surface area (Å²) in [7, 11) is 4.85. The van der Waals surface area contributed by atoms with Crippen molar-refractivity contribution in [1.29, 1.82) is 0 Å². The number of hydrogen-bond donors (Lipinski definition) is 3. The number of aromatic nitrogens is 3. The zero-order valence-electron chi connectivity index (χ0n) is 21.1. The summed E-state index contributed by atoms with van der Waals surface area (Å²) in [5.41, 5.74) is 1.11. The lowest BCUT2D eigenvalue weighted by Crippen LogP contribution is -2.46. The Morgan fingerprint density at radius 2 is 2.16 bits per heavy atom. The standard InChI is InChI=1S/C25H28F3N7O2S/c1-29-23(36)18-6-7-20(37-3)22(33-18)30-9-4-5-15-13-19-21(32-17-8-11-34(2)14-16(17)26)31-10-12-35(19)24(15)38-25(27)28/h6-7,10,12-13,16-17,25H,8-9,11,14H2,1-3H3,(H,29,36)(H,30,33)(H,31,32)/t16-,17+/m0/s1. The molecule has 1 saturated heterocycles. The molecule has 0 aromatic carbocycles. The van der Waals surface area contributed by atoms with E-state index < -0.39 is 18.0 Å². The predicted molar refractivity (Wildman–Crippen MR) is 141 cm³/mol. The van der Waals surface area contributed by atoms with Crippen molar-refractivity contribution in [2.45, 2.75) is 29.4 Å². The Morgan fingerprint density at radius 1 is 1.34 bits per heavy atom. The third kappa shape index (κ3) is 6.25. The van der Waals surface area contributed by atoms with Gasteiger partial charge in [-0.05, 0) is 43.4 Å². The molecular weight excluding hydrogens is 519 g/mol. The lowest BCUT2D eigenvalue weighted by atomic mass is 10.0. The van der Waals surface area contributed by atoms with Crippen LogP contribution in [0.5, 0.6) is 5.75 Å². The molecule has 4 rings (SSSR count). The van der Waals surface area contributed by atoms with Gasteiger partial charge in [-0.15, -0.1) is 0 Å². The zero-order valence-corrected chi connectivity index (χ0v) is 21.9. The van der Waals surface area contributed by atoms with Gasteiger partial charge in [0, 0.05) is 32.5 Å². The number of anilines is 2. The van der Waals surface area contributed by atoms with Crippen LogP contribution in [0, 0.1) is 11.8 Å². The first kappa shape index (κ1) is 27.4. The minimum absolute atomic E-state index is 0.105. The second-order valence-corrected chi connectivity index (χ2v) is 9.55. The number of methoxy groups -OCH3 is 1. The summed E-state index contributed by atoms with van der Waals surface area (Å²) in [5, 5.41) is 8.92. The Hall–Kier alpha value is -3.63. The van der Waals surface area contributed by atoms with E-state index in [1.807, 2.05) is 11.9 Å². The fourth-order valence-corrected chi connectivity index (χ4v) is 4.82. The molecule has 3 aromatic rings. The van der Waals surface area contributed by atoms with Crippen LogP contribution in [-0.2, 0) is 0 Å². The molecule has 38 heavy (non-hydrogen) atoms. The van der Waals surface area contributed by atoms with Gasteiger partial charge in [0.15, 0.2) is 17.4 Å². The van der Waals surface area contributed by atoms with Crippen molar-refractivity contribution in [2.75, 3.05) is 51.5 Å². The number of halogens is 3. The Kier molecular flexibility index (Phi) is 8.85. The Bertz CT molecular complexity index is 1360. The van der Waals surface area contributed by atoms with Gasteiger partial charge >= 0.3 is 0 Å². The van der Waals surface area contributed by atoms with E-state index in [-0.39, 0.29) is 23.2 Å². The Morgan fingerprint density at radius 3 is 2.87 bits per heavy atom. The van der Waals surface area contributed by atoms with Crippen molar-refractivity contribution in [3.63, 3.8) is 0 Å². The van der Waals surface area contributed by atoms with E-state index in [9.17, 15) is 18.0 Å². The highest BCUT2D eigenvalue weighted by Gasteiger charge is 2.28. The van der Waals surface area contributed by atoms with Crippen molar-refractivity contribution in [1.82, 2.24) is 24.6 Å². The summed E-state index contributed by atoms with van der Waals surface area (Å²) in [5.74, 6) is 3.99. The molecule has 3 aromatic heterocycles. The van der Waals surface area contributed by atoms with Gasteiger partial charge in [0.1, 0.15) is 16.9 Å². The maximum absolute atomic E-state index is 14.6. The lowest BCUT2D eigenvalue weighted by Gasteiger charge is -2.33. The Labute approximate surface area is 222 Å². The molecule has 3 N–H and O–H groups in total. The van der Waals surface area contributed by atoms with Gasteiger partial charge in [0.2, 0.25) is 0 Å². The minimum atomic E-state index is -2.67. The molecule has 13 heteroatoms. The first-order chi connectivity index (χ1) is 18.3. The normalized spacial score (nSPS) is 17.7. The molecule has 2 atom stereocenters. The molecule has 1 amide bonds. The molecule has 0 radical (unpaired) electrons. The van der Waals surface area contributed by atoms with Crippen molar-refractivity contribution < 1.29 is 22.7 Å². The fraction of sp³-hybridized carbons (Fsp3) is 0.400. The number of nitrogens with one attached hydrogen (secondary N) is 3. The van der Waals surface area contributed by atoms with Gasteiger partial charge in [-0.2, -0.15) is 8.78 Å². The number of hydrogen-bond acceptors (Lipinski definition) is 8. The van der Waals surface area contributed by atoms with Crippen molar-refractivity contribution in [2.24, 2.45) is 0 Å². The van der Waals surface area contributed by atoms with Crippen LogP contribution in [0.15, 0.2) is 35.6 Å². The minimum Gasteiger partial charge on any atom is -0.493 e. The smallest absolute Gasteiger partial charge is 0.290 e. The first-order valence-corrected chi connectivity index (χ1v) is 12.7. The van der Waals surface area contributed by atoms with Crippen LogP contribution in [0.2, 0.25) is 0 Å². The molecule has 202 valence electrons. The first-order valence-electron chi connectivity index (χ1n) is 11.8. The van der Waals surface area contributed by atoms with Crippen molar-refractivity contribution in [3.8, 4) is 17.6 Å². The quantitative estimate of drug-likeness (QED) is 0.292. The average Bonchev–Trinajstić information content (AvgIpc) is 3.25. The number of alkyl halides is 3. The number of likely N-dealkylation sites (tertiary alicyclic amines) is 1. The van der Waals surface area contributed by atoms with Gasteiger partial charge in [-0.1, -0.05) is 11.8 Å². The molecule has 0 bridgehead atoms. The number of piperidine rings is 1. The zero-order chi connectivity index (χ0) is 27.2. The largest absolute Gasteiger partial charge is 0.493 e. The molecule has 1 fully saturated rings. The number of nitrogens with zero attached hydrogens (tertiary/aromatic N) is 4. The molecule has 9 nitrogen and oxygen atoms in total. The van der Waals surface area contributed by atoms with Gasteiger partial charge in [-0.25, -0.2) is 14.4 Å². The monoisotopic (exact) mass is 547 g/mol. The SMILES string of the molecule is CNC(=O)c1ccc(OC)c(NCC#Cc2cc3c(N[C@@H]4CCN(C)C[C@@H]4F)nccn3c2SC(F)F)n1. The summed E-state index contributed by atoms with van der Waals surface area (Å²) in [6.45, 7) is 1.15. The molecule has 4 heterocycles. The van der Waals surface area contributed by atoms with Crippen LogP contribution in [-0.4, -0.2) is 84.0 Å². The van der Waals surface area contributed by atoms with Crippen molar-refractivity contribution >= 4 is 34.8 Å². The van der Waals surface area contributed by atoms with Gasteiger partial charge in [0.05, 0.1) is 30.8 Å². The molecule has 0 saturated carbocycles. The number of carbonyl (C=O) groups excluding carboxylic acids is 1. The molecule has 1 aliphatic heterocycles. The fourth-order valence-electron chi connectivity index (χ4n) is 4.14. The van der Waals surface area contributed by atoms with Crippen LogP contribution >= 0.6 is 11.8 Å². The maximum Gasteiger partial charge on any atom is 0.290 e. The van der Waals surface area contributed by atoms with E-state index >= 15 is 0 Å². The summed E-state index contributed by atoms with van der Waals surface area (Å²) in [6.07, 6.45) is 2.58.